The average Bonchev–Trinajstić information content (AvgIpc) is 3.27. The Kier molecular flexibility index (Phi) is 6.08. The van der Waals surface area contributed by atoms with Gasteiger partial charge in [-0.25, -0.2) is 9.18 Å². The highest BCUT2D eigenvalue weighted by Crippen LogP contribution is 2.23. The van der Waals surface area contributed by atoms with E-state index in [-0.39, 0.29) is 10.7 Å². The molecule has 29 heavy (non-hydrogen) atoms. The number of nitrogens with zero attached hydrogens (tertiary/aromatic N) is 1. The van der Waals surface area contributed by atoms with Crippen LogP contribution in [0.2, 0.25) is 5.02 Å². The van der Waals surface area contributed by atoms with Crippen LogP contribution in [0.15, 0.2) is 47.1 Å². The van der Waals surface area contributed by atoms with Crippen LogP contribution in [0, 0.1) is 19.7 Å². The fourth-order valence-electron chi connectivity index (χ4n) is 2.91. The third kappa shape index (κ3) is 4.68. The van der Waals surface area contributed by atoms with Gasteiger partial charge in [-0.2, -0.15) is 0 Å². The molecule has 0 aliphatic rings. The van der Waals surface area contributed by atoms with Gasteiger partial charge < -0.3 is 19.0 Å². The van der Waals surface area contributed by atoms with Crippen LogP contribution in [0.1, 0.15) is 34.4 Å². The van der Waals surface area contributed by atoms with E-state index in [1.165, 1.54) is 19.1 Å². The molecule has 3 aromatic rings. The second-order valence-electron chi connectivity index (χ2n) is 6.61. The molecule has 2 heterocycles. The first kappa shape index (κ1) is 20.7. The van der Waals surface area contributed by atoms with Crippen molar-refractivity contribution in [2.75, 3.05) is 5.32 Å². The van der Waals surface area contributed by atoms with Crippen LogP contribution >= 0.6 is 11.6 Å². The summed E-state index contributed by atoms with van der Waals surface area (Å²) in [7, 11) is 0. The summed E-state index contributed by atoms with van der Waals surface area (Å²) in [5.41, 5.74) is 2.17. The van der Waals surface area contributed by atoms with E-state index in [1.54, 1.807) is 25.3 Å². The Bertz CT molecular complexity index is 1040. The topological polar surface area (TPSA) is 73.5 Å². The van der Waals surface area contributed by atoms with Crippen molar-refractivity contribution in [3.63, 3.8) is 0 Å². The summed E-state index contributed by atoms with van der Waals surface area (Å²) in [6.07, 6.45) is 0.517. The molecule has 0 fully saturated rings. The van der Waals surface area contributed by atoms with Gasteiger partial charge in [-0.3, -0.25) is 4.79 Å². The predicted octanol–water partition coefficient (Wildman–Crippen LogP) is 4.72. The number of aromatic nitrogens is 1. The molecule has 3 rings (SSSR count). The fourth-order valence-corrected chi connectivity index (χ4v) is 3.13. The lowest BCUT2D eigenvalue weighted by Crippen LogP contribution is -2.30. The van der Waals surface area contributed by atoms with Gasteiger partial charge in [0.25, 0.3) is 5.91 Å². The predicted molar refractivity (Wildman–Crippen MR) is 107 cm³/mol. The maximum Gasteiger partial charge on any atom is 0.340 e. The fraction of sp³-hybridized carbons (Fsp3) is 0.238. The normalized spacial score (nSPS) is 11.9. The first-order chi connectivity index (χ1) is 13.8. The average molecular weight is 419 g/mol. The largest absolute Gasteiger partial charge is 0.467 e. The minimum absolute atomic E-state index is 0.0540. The molecular formula is C21H20ClFN2O4. The maximum absolute atomic E-state index is 13.1. The molecule has 152 valence electrons. The van der Waals surface area contributed by atoms with Crippen molar-refractivity contribution in [3.8, 4) is 0 Å². The number of carbonyl (C=O) groups is 2. The van der Waals surface area contributed by atoms with Crippen molar-refractivity contribution < 1.29 is 23.1 Å². The first-order valence-corrected chi connectivity index (χ1v) is 9.30. The number of furan rings is 1. The molecule has 2 aromatic heterocycles. The molecule has 0 unspecified atom stereocenters. The van der Waals surface area contributed by atoms with E-state index in [1.807, 2.05) is 17.6 Å². The minimum Gasteiger partial charge on any atom is -0.467 e. The smallest absolute Gasteiger partial charge is 0.340 e. The molecule has 8 heteroatoms. The number of benzene rings is 1. The zero-order valence-electron chi connectivity index (χ0n) is 16.2. The minimum atomic E-state index is -1.07. The molecule has 1 amide bonds. The van der Waals surface area contributed by atoms with Crippen LogP contribution in [0.25, 0.3) is 0 Å². The van der Waals surface area contributed by atoms with Gasteiger partial charge in [0.2, 0.25) is 0 Å². The van der Waals surface area contributed by atoms with E-state index < -0.39 is 23.8 Å². The van der Waals surface area contributed by atoms with Crippen LogP contribution in [0.3, 0.4) is 0 Å². The van der Waals surface area contributed by atoms with E-state index in [2.05, 4.69) is 5.32 Å². The highest BCUT2D eigenvalue weighted by atomic mass is 35.5. The Balaban J connectivity index is 1.68. The highest BCUT2D eigenvalue weighted by molar-refractivity contribution is 6.33. The van der Waals surface area contributed by atoms with Crippen LogP contribution < -0.4 is 5.32 Å². The Morgan fingerprint density at radius 2 is 2.03 bits per heavy atom. The van der Waals surface area contributed by atoms with Gasteiger partial charge in [-0.1, -0.05) is 11.6 Å². The Morgan fingerprint density at radius 1 is 1.28 bits per heavy atom. The Hall–Kier alpha value is -3.06. The number of rotatable bonds is 6. The number of anilines is 1. The molecule has 0 saturated carbocycles. The molecular weight excluding hydrogens is 399 g/mol. The molecule has 1 aromatic carbocycles. The van der Waals surface area contributed by atoms with Gasteiger partial charge in [-0.05, 0) is 57.2 Å². The number of ether oxygens (including phenoxy) is 1. The number of hydrogen-bond acceptors (Lipinski definition) is 4. The number of nitrogens with one attached hydrogen (secondary N) is 1. The standard InChI is InChI=1S/C21H20ClFN2O4/c1-12-9-17(13(2)25(12)11-16-5-4-8-28-16)21(27)29-14(3)20(26)24-19-7-6-15(23)10-18(19)22/h4-10,14H,11H2,1-3H3,(H,24,26)/t14-/m1/s1. The number of carbonyl (C=O) groups excluding carboxylic acids is 2. The van der Waals surface area contributed by atoms with Crippen molar-refractivity contribution in [2.45, 2.75) is 33.4 Å². The van der Waals surface area contributed by atoms with Gasteiger partial charge in [0.05, 0.1) is 29.1 Å². The summed E-state index contributed by atoms with van der Waals surface area (Å²) < 4.78 is 25.7. The van der Waals surface area contributed by atoms with Crippen molar-refractivity contribution in [2.24, 2.45) is 0 Å². The second kappa shape index (κ2) is 8.53. The second-order valence-corrected chi connectivity index (χ2v) is 7.02. The molecule has 1 N–H and O–H groups in total. The number of aryl methyl sites for hydroxylation is 1. The number of halogens is 2. The monoisotopic (exact) mass is 418 g/mol. The molecule has 6 nitrogen and oxygen atoms in total. The summed E-state index contributed by atoms with van der Waals surface area (Å²) in [6.45, 7) is 5.61. The first-order valence-electron chi connectivity index (χ1n) is 8.92. The van der Waals surface area contributed by atoms with Crippen molar-refractivity contribution >= 4 is 29.2 Å². The van der Waals surface area contributed by atoms with Crippen LogP contribution in [0.5, 0.6) is 0 Å². The van der Waals surface area contributed by atoms with E-state index in [9.17, 15) is 14.0 Å². The molecule has 0 bridgehead atoms. The van der Waals surface area contributed by atoms with Crippen LogP contribution in [-0.2, 0) is 16.1 Å². The molecule has 1 atom stereocenters. The zero-order valence-corrected chi connectivity index (χ0v) is 16.9. The van der Waals surface area contributed by atoms with Crippen molar-refractivity contribution in [1.82, 2.24) is 4.57 Å². The SMILES string of the molecule is Cc1cc(C(=O)O[C@H](C)C(=O)Nc2ccc(F)cc2Cl)c(C)n1Cc1ccco1. The van der Waals surface area contributed by atoms with Gasteiger partial charge in [-0.15, -0.1) is 0 Å². The van der Waals surface area contributed by atoms with Crippen molar-refractivity contribution in [1.29, 1.82) is 0 Å². The van der Waals surface area contributed by atoms with Crippen molar-refractivity contribution in [3.05, 3.63) is 76.2 Å². The Morgan fingerprint density at radius 3 is 2.69 bits per heavy atom. The molecule has 0 radical (unpaired) electrons. The number of hydrogen-bond donors (Lipinski definition) is 1. The molecule has 0 aliphatic carbocycles. The summed E-state index contributed by atoms with van der Waals surface area (Å²) in [5, 5.41) is 2.58. The van der Waals surface area contributed by atoms with Gasteiger partial charge in [0.1, 0.15) is 11.6 Å². The number of esters is 1. The summed E-state index contributed by atoms with van der Waals surface area (Å²) in [5.74, 6) is -0.944. The Labute approximate surface area is 172 Å². The molecule has 0 aliphatic heterocycles. The third-order valence-corrected chi connectivity index (χ3v) is 4.84. The van der Waals surface area contributed by atoms with E-state index >= 15 is 0 Å². The maximum atomic E-state index is 13.1. The molecule has 0 saturated heterocycles. The zero-order chi connectivity index (χ0) is 21.1. The van der Waals surface area contributed by atoms with Gasteiger partial charge in [0, 0.05) is 11.4 Å². The quantitative estimate of drug-likeness (QED) is 0.588. The summed E-state index contributed by atoms with van der Waals surface area (Å²) in [4.78, 5) is 24.9. The van der Waals surface area contributed by atoms with E-state index in [0.717, 1.165) is 17.5 Å². The summed E-state index contributed by atoms with van der Waals surface area (Å²) >= 11 is 5.91. The lowest BCUT2D eigenvalue weighted by Gasteiger charge is -2.14. The lowest BCUT2D eigenvalue weighted by molar-refractivity contribution is -0.123. The third-order valence-electron chi connectivity index (χ3n) is 4.53. The van der Waals surface area contributed by atoms with E-state index in [4.69, 9.17) is 20.8 Å². The lowest BCUT2D eigenvalue weighted by atomic mass is 10.2. The molecule has 0 spiro atoms. The van der Waals surface area contributed by atoms with Gasteiger partial charge >= 0.3 is 5.97 Å². The van der Waals surface area contributed by atoms with E-state index in [0.29, 0.717) is 17.8 Å². The van der Waals surface area contributed by atoms with Crippen LogP contribution in [-0.4, -0.2) is 22.5 Å². The summed E-state index contributed by atoms with van der Waals surface area (Å²) in [6, 6.07) is 8.96. The number of amides is 1. The highest BCUT2D eigenvalue weighted by Gasteiger charge is 2.23. The van der Waals surface area contributed by atoms with Gasteiger partial charge in [0.15, 0.2) is 6.10 Å². The van der Waals surface area contributed by atoms with Crippen LogP contribution in [0.4, 0.5) is 10.1 Å².